The maximum absolute atomic E-state index is 13.7. The molecule has 0 unspecified atom stereocenters. The summed E-state index contributed by atoms with van der Waals surface area (Å²) in [6, 6.07) is 12.3. The molecule has 0 fully saturated rings. The fraction of sp³-hybridized carbons (Fsp3) is 0.188. The first-order valence-electron chi connectivity index (χ1n) is 6.41. The fourth-order valence-electron chi connectivity index (χ4n) is 1.83. The molecule has 0 saturated carbocycles. The maximum Gasteiger partial charge on any atom is 0.130 e. The summed E-state index contributed by atoms with van der Waals surface area (Å²) < 4.78 is 19.9. The minimum absolute atomic E-state index is 0.176. The van der Waals surface area contributed by atoms with Gasteiger partial charge in [0.25, 0.3) is 0 Å². The number of hydrogen-bond acceptors (Lipinski definition) is 3. The van der Waals surface area contributed by atoms with Gasteiger partial charge < -0.3 is 9.94 Å². The molecule has 0 heterocycles. The highest BCUT2D eigenvalue weighted by atomic mass is 79.9. The zero-order chi connectivity index (χ0) is 15.2. The molecule has 0 aliphatic heterocycles. The van der Waals surface area contributed by atoms with Crippen molar-refractivity contribution < 1.29 is 14.3 Å². The first-order chi connectivity index (χ1) is 10.1. The number of oxime groups is 1. The normalized spacial score (nSPS) is 11.5. The van der Waals surface area contributed by atoms with E-state index in [1.807, 2.05) is 24.3 Å². The van der Waals surface area contributed by atoms with E-state index < -0.39 is 0 Å². The van der Waals surface area contributed by atoms with Crippen LogP contribution >= 0.6 is 15.9 Å². The van der Waals surface area contributed by atoms with Gasteiger partial charge >= 0.3 is 0 Å². The average molecular weight is 352 g/mol. The molecular formula is C16H15BrFNO2. The SMILES string of the molecule is C/C(Cc1ccc(OCc2ccc(Br)cc2F)cc1)=N/O. The number of nitrogens with zero attached hydrogens (tertiary/aromatic N) is 1. The van der Waals surface area contributed by atoms with Crippen molar-refractivity contribution in [2.75, 3.05) is 0 Å². The molecule has 0 radical (unpaired) electrons. The minimum atomic E-state index is -0.296. The van der Waals surface area contributed by atoms with E-state index in [-0.39, 0.29) is 12.4 Å². The third kappa shape index (κ3) is 4.56. The van der Waals surface area contributed by atoms with Gasteiger partial charge in [-0.15, -0.1) is 0 Å². The van der Waals surface area contributed by atoms with Crippen LogP contribution in [0.5, 0.6) is 5.75 Å². The van der Waals surface area contributed by atoms with Gasteiger partial charge in [0.2, 0.25) is 0 Å². The molecule has 0 aromatic heterocycles. The summed E-state index contributed by atoms with van der Waals surface area (Å²) in [7, 11) is 0. The van der Waals surface area contributed by atoms with Gasteiger partial charge in [0, 0.05) is 16.5 Å². The molecule has 0 aliphatic rings. The summed E-state index contributed by atoms with van der Waals surface area (Å²) in [5.41, 5.74) is 2.17. The number of halogens is 2. The summed E-state index contributed by atoms with van der Waals surface area (Å²) in [6.07, 6.45) is 0.581. The summed E-state index contributed by atoms with van der Waals surface area (Å²) in [4.78, 5) is 0. The van der Waals surface area contributed by atoms with Crippen LogP contribution in [0.2, 0.25) is 0 Å². The van der Waals surface area contributed by atoms with Gasteiger partial charge in [-0.3, -0.25) is 0 Å². The highest BCUT2D eigenvalue weighted by Gasteiger charge is 2.04. The molecule has 0 amide bonds. The van der Waals surface area contributed by atoms with Crippen LogP contribution < -0.4 is 4.74 Å². The van der Waals surface area contributed by atoms with Crippen molar-refractivity contribution in [2.24, 2.45) is 5.16 Å². The lowest BCUT2D eigenvalue weighted by Crippen LogP contribution is -2.00. The van der Waals surface area contributed by atoms with Crippen molar-refractivity contribution in [3.63, 3.8) is 0 Å². The summed E-state index contributed by atoms with van der Waals surface area (Å²) in [5.74, 6) is 0.371. The van der Waals surface area contributed by atoms with Crippen molar-refractivity contribution in [3.05, 3.63) is 63.9 Å². The number of ether oxygens (including phenoxy) is 1. The van der Waals surface area contributed by atoms with Gasteiger partial charge in [0.15, 0.2) is 0 Å². The first-order valence-corrected chi connectivity index (χ1v) is 7.21. The summed E-state index contributed by atoms with van der Waals surface area (Å²) >= 11 is 3.22. The van der Waals surface area contributed by atoms with Gasteiger partial charge in [-0.1, -0.05) is 39.3 Å². The van der Waals surface area contributed by atoms with E-state index in [2.05, 4.69) is 21.1 Å². The van der Waals surface area contributed by atoms with Crippen LogP contribution in [0.1, 0.15) is 18.1 Å². The van der Waals surface area contributed by atoms with E-state index in [1.54, 1.807) is 19.1 Å². The first kappa shape index (κ1) is 15.5. The zero-order valence-electron chi connectivity index (χ0n) is 11.5. The predicted octanol–water partition coefficient (Wildman–Crippen LogP) is 4.56. The molecule has 0 spiro atoms. The van der Waals surface area contributed by atoms with Gasteiger partial charge in [-0.25, -0.2) is 4.39 Å². The van der Waals surface area contributed by atoms with Crippen molar-refractivity contribution in [1.29, 1.82) is 0 Å². The lowest BCUT2D eigenvalue weighted by Gasteiger charge is -2.08. The second-order valence-electron chi connectivity index (χ2n) is 4.68. The third-order valence-electron chi connectivity index (χ3n) is 2.96. The lowest BCUT2D eigenvalue weighted by atomic mass is 10.1. The second kappa shape index (κ2) is 7.22. The molecule has 1 N–H and O–H groups in total. The predicted molar refractivity (Wildman–Crippen MR) is 83.5 cm³/mol. The van der Waals surface area contributed by atoms with Gasteiger partial charge in [0.05, 0.1) is 5.71 Å². The third-order valence-corrected chi connectivity index (χ3v) is 3.46. The monoisotopic (exact) mass is 351 g/mol. The molecule has 0 atom stereocenters. The molecule has 3 nitrogen and oxygen atoms in total. The van der Waals surface area contributed by atoms with Crippen LogP contribution in [-0.4, -0.2) is 10.9 Å². The number of hydrogen-bond donors (Lipinski definition) is 1. The van der Waals surface area contributed by atoms with Crippen LogP contribution in [0.15, 0.2) is 52.1 Å². The Labute approximate surface area is 131 Å². The van der Waals surface area contributed by atoms with E-state index in [1.165, 1.54) is 6.07 Å². The second-order valence-corrected chi connectivity index (χ2v) is 5.60. The van der Waals surface area contributed by atoms with Crippen LogP contribution in [0.4, 0.5) is 4.39 Å². The highest BCUT2D eigenvalue weighted by molar-refractivity contribution is 9.10. The van der Waals surface area contributed by atoms with Crippen LogP contribution in [0.25, 0.3) is 0 Å². The Morgan fingerprint density at radius 2 is 1.95 bits per heavy atom. The Balaban J connectivity index is 1.97. The largest absolute Gasteiger partial charge is 0.489 e. The number of rotatable bonds is 5. The van der Waals surface area contributed by atoms with E-state index in [9.17, 15) is 4.39 Å². The zero-order valence-corrected chi connectivity index (χ0v) is 13.1. The van der Waals surface area contributed by atoms with Gasteiger partial charge in [0.1, 0.15) is 18.2 Å². The Morgan fingerprint density at radius 1 is 1.24 bits per heavy atom. The molecule has 0 bridgehead atoms. The Morgan fingerprint density at radius 3 is 2.57 bits per heavy atom. The standard InChI is InChI=1S/C16H15BrFNO2/c1-11(19-20)8-12-2-6-15(7-3-12)21-10-13-4-5-14(17)9-16(13)18/h2-7,9,20H,8,10H2,1H3/b19-11-. The van der Waals surface area contributed by atoms with Gasteiger partial charge in [-0.05, 0) is 36.8 Å². The highest BCUT2D eigenvalue weighted by Crippen LogP contribution is 2.18. The Hall–Kier alpha value is -1.88. The van der Waals surface area contributed by atoms with Crippen LogP contribution in [-0.2, 0) is 13.0 Å². The van der Waals surface area contributed by atoms with E-state index >= 15 is 0 Å². The van der Waals surface area contributed by atoms with Gasteiger partial charge in [-0.2, -0.15) is 0 Å². The molecule has 5 heteroatoms. The average Bonchev–Trinajstić information content (AvgIpc) is 2.48. The smallest absolute Gasteiger partial charge is 0.130 e. The summed E-state index contributed by atoms with van der Waals surface area (Å²) in [5, 5.41) is 11.8. The molecule has 0 saturated heterocycles. The topological polar surface area (TPSA) is 41.8 Å². The van der Waals surface area contributed by atoms with E-state index in [0.717, 1.165) is 5.56 Å². The molecule has 0 aliphatic carbocycles. The lowest BCUT2D eigenvalue weighted by molar-refractivity contribution is 0.299. The van der Waals surface area contributed by atoms with E-state index in [0.29, 0.717) is 27.9 Å². The number of benzene rings is 2. The summed E-state index contributed by atoms with van der Waals surface area (Å²) in [6.45, 7) is 1.93. The van der Waals surface area contributed by atoms with Crippen molar-refractivity contribution >= 4 is 21.6 Å². The molecule has 110 valence electrons. The van der Waals surface area contributed by atoms with Crippen molar-refractivity contribution in [3.8, 4) is 5.75 Å². The minimum Gasteiger partial charge on any atom is -0.489 e. The maximum atomic E-state index is 13.7. The molecule has 2 rings (SSSR count). The Kier molecular flexibility index (Phi) is 5.33. The Bertz CT molecular complexity index is 641. The molecule has 21 heavy (non-hydrogen) atoms. The fourth-order valence-corrected chi connectivity index (χ4v) is 2.17. The van der Waals surface area contributed by atoms with Crippen molar-refractivity contribution in [2.45, 2.75) is 20.0 Å². The molecule has 2 aromatic rings. The van der Waals surface area contributed by atoms with E-state index in [4.69, 9.17) is 9.94 Å². The van der Waals surface area contributed by atoms with Crippen molar-refractivity contribution in [1.82, 2.24) is 0 Å². The quantitative estimate of drug-likeness (QED) is 0.487. The molecule has 2 aromatic carbocycles. The van der Waals surface area contributed by atoms with Crippen LogP contribution in [0.3, 0.4) is 0 Å². The molecular weight excluding hydrogens is 337 g/mol. The van der Waals surface area contributed by atoms with Crippen LogP contribution in [0, 0.1) is 5.82 Å².